The number of carbonyl (C=O) groups is 2. The summed E-state index contributed by atoms with van der Waals surface area (Å²) in [6.07, 6.45) is 0.0321. The molecule has 2 rings (SSSR count). The number of hydrogen-bond donors (Lipinski definition) is 2. The third-order valence-corrected chi connectivity index (χ3v) is 3.46. The van der Waals surface area contributed by atoms with Crippen LogP contribution in [0, 0.1) is 13.8 Å². The van der Waals surface area contributed by atoms with Crippen molar-refractivity contribution in [3.05, 3.63) is 59.2 Å². The second-order valence-corrected chi connectivity index (χ2v) is 6.29. The van der Waals surface area contributed by atoms with Crippen molar-refractivity contribution in [2.24, 2.45) is 0 Å². The smallest absolute Gasteiger partial charge is 0.313 e. The Kier molecular flexibility index (Phi) is 6.17. The van der Waals surface area contributed by atoms with Gasteiger partial charge < -0.3 is 15.4 Å². The van der Waals surface area contributed by atoms with Crippen LogP contribution in [0.4, 0.5) is 5.69 Å². The summed E-state index contributed by atoms with van der Waals surface area (Å²) in [7, 11) is 0. The van der Waals surface area contributed by atoms with Crippen LogP contribution < -0.4 is 15.4 Å². The van der Waals surface area contributed by atoms with Gasteiger partial charge in [-0.3, -0.25) is 9.59 Å². The molecule has 0 fully saturated rings. The highest BCUT2D eigenvalue weighted by Gasteiger charge is 2.15. The summed E-state index contributed by atoms with van der Waals surface area (Å²) in [4.78, 5) is 24.1. The van der Waals surface area contributed by atoms with E-state index in [1.165, 1.54) is 0 Å². The predicted octanol–water partition coefficient (Wildman–Crippen LogP) is 3.35. The number of rotatable bonds is 5. The minimum Gasteiger partial charge on any atom is -0.491 e. The molecule has 0 aliphatic carbocycles. The van der Waals surface area contributed by atoms with Crippen LogP contribution >= 0.6 is 0 Å². The van der Waals surface area contributed by atoms with Crippen LogP contribution in [0.1, 0.15) is 30.5 Å². The van der Waals surface area contributed by atoms with Gasteiger partial charge >= 0.3 is 11.8 Å². The summed E-state index contributed by atoms with van der Waals surface area (Å²) >= 11 is 0. The number of anilines is 1. The van der Waals surface area contributed by atoms with Gasteiger partial charge in [-0.2, -0.15) is 0 Å². The van der Waals surface area contributed by atoms with E-state index in [0.717, 1.165) is 16.7 Å². The van der Waals surface area contributed by atoms with Gasteiger partial charge in [0, 0.05) is 17.8 Å². The van der Waals surface area contributed by atoms with E-state index in [9.17, 15) is 9.59 Å². The SMILES string of the molecule is Cc1cc(C)cc(NC(=O)C(=O)NCc2ccccc2OC(C)C)c1. The van der Waals surface area contributed by atoms with Crippen molar-refractivity contribution in [2.45, 2.75) is 40.3 Å². The molecule has 2 aromatic rings. The van der Waals surface area contributed by atoms with E-state index in [-0.39, 0.29) is 12.6 Å². The van der Waals surface area contributed by atoms with E-state index in [1.807, 2.05) is 70.2 Å². The summed E-state index contributed by atoms with van der Waals surface area (Å²) in [5.74, 6) is -0.668. The second-order valence-electron chi connectivity index (χ2n) is 6.29. The molecule has 0 saturated heterocycles. The Morgan fingerprint density at radius 2 is 1.64 bits per heavy atom. The van der Waals surface area contributed by atoms with Crippen molar-refractivity contribution in [2.75, 3.05) is 5.32 Å². The Morgan fingerprint density at radius 1 is 1.00 bits per heavy atom. The van der Waals surface area contributed by atoms with Gasteiger partial charge in [0.05, 0.1) is 6.10 Å². The Hall–Kier alpha value is -2.82. The van der Waals surface area contributed by atoms with Crippen LogP contribution in [-0.2, 0) is 16.1 Å². The number of ether oxygens (including phenoxy) is 1. The molecule has 0 heterocycles. The van der Waals surface area contributed by atoms with E-state index in [4.69, 9.17) is 4.74 Å². The number of amides is 2. The maximum absolute atomic E-state index is 12.1. The molecule has 25 heavy (non-hydrogen) atoms. The molecule has 0 aliphatic rings. The van der Waals surface area contributed by atoms with E-state index >= 15 is 0 Å². The van der Waals surface area contributed by atoms with Gasteiger partial charge in [0.2, 0.25) is 0 Å². The standard InChI is InChI=1S/C20H24N2O3/c1-13(2)25-18-8-6-5-7-16(18)12-21-19(23)20(24)22-17-10-14(3)9-15(4)11-17/h5-11,13H,12H2,1-4H3,(H,21,23)(H,22,24). The lowest BCUT2D eigenvalue weighted by molar-refractivity contribution is -0.136. The lowest BCUT2D eigenvalue weighted by Gasteiger charge is -2.14. The van der Waals surface area contributed by atoms with Gasteiger partial charge in [-0.15, -0.1) is 0 Å². The summed E-state index contributed by atoms with van der Waals surface area (Å²) < 4.78 is 5.71. The van der Waals surface area contributed by atoms with E-state index in [2.05, 4.69) is 10.6 Å². The summed E-state index contributed by atoms with van der Waals surface area (Å²) in [5, 5.41) is 5.26. The highest BCUT2D eigenvalue weighted by atomic mass is 16.5. The van der Waals surface area contributed by atoms with E-state index < -0.39 is 11.8 Å². The Bertz CT molecular complexity index is 749. The number of carbonyl (C=O) groups excluding carboxylic acids is 2. The second kappa shape index (κ2) is 8.33. The van der Waals surface area contributed by atoms with Crippen LogP contribution in [0.25, 0.3) is 0 Å². The van der Waals surface area contributed by atoms with Crippen molar-refractivity contribution >= 4 is 17.5 Å². The van der Waals surface area contributed by atoms with Crippen LogP contribution in [0.2, 0.25) is 0 Å². The highest BCUT2D eigenvalue weighted by molar-refractivity contribution is 6.39. The zero-order chi connectivity index (χ0) is 18.4. The topological polar surface area (TPSA) is 67.4 Å². The molecule has 2 amide bonds. The molecule has 0 saturated carbocycles. The number of benzene rings is 2. The molecule has 0 aromatic heterocycles. The van der Waals surface area contributed by atoms with Gasteiger partial charge in [-0.25, -0.2) is 0 Å². The molecule has 2 N–H and O–H groups in total. The van der Waals surface area contributed by atoms with Gasteiger partial charge in [0.15, 0.2) is 0 Å². The number of hydrogen-bond acceptors (Lipinski definition) is 3. The molecule has 0 bridgehead atoms. The van der Waals surface area contributed by atoms with Crippen molar-refractivity contribution < 1.29 is 14.3 Å². The molecule has 0 unspecified atom stereocenters. The first-order valence-electron chi connectivity index (χ1n) is 8.27. The van der Waals surface area contributed by atoms with E-state index in [1.54, 1.807) is 0 Å². The van der Waals surface area contributed by atoms with Crippen molar-refractivity contribution in [1.82, 2.24) is 5.32 Å². The molecule has 0 atom stereocenters. The predicted molar refractivity (Wildman–Crippen MR) is 98.6 cm³/mol. The summed E-state index contributed by atoms with van der Waals surface area (Å²) in [6.45, 7) is 7.98. The maximum atomic E-state index is 12.1. The first kappa shape index (κ1) is 18.5. The van der Waals surface area contributed by atoms with Crippen molar-refractivity contribution in [3.8, 4) is 5.75 Å². The molecule has 5 nitrogen and oxygen atoms in total. The summed E-state index contributed by atoms with van der Waals surface area (Å²) in [6, 6.07) is 13.1. The molecular weight excluding hydrogens is 316 g/mol. The fraction of sp³-hybridized carbons (Fsp3) is 0.300. The van der Waals surface area contributed by atoms with Crippen molar-refractivity contribution in [3.63, 3.8) is 0 Å². The average molecular weight is 340 g/mol. The van der Waals surface area contributed by atoms with E-state index in [0.29, 0.717) is 11.4 Å². The summed E-state index contributed by atoms with van der Waals surface area (Å²) in [5.41, 5.74) is 3.48. The quantitative estimate of drug-likeness (QED) is 0.820. The average Bonchev–Trinajstić information content (AvgIpc) is 2.52. The van der Waals surface area contributed by atoms with Crippen LogP contribution in [0.15, 0.2) is 42.5 Å². The van der Waals surface area contributed by atoms with Crippen LogP contribution in [0.5, 0.6) is 5.75 Å². The van der Waals surface area contributed by atoms with Gasteiger partial charge in [0.25, 0.3) is 0 Å². The Balaban J connectivity index is 1.97. The third kappa shape index (κ3) is 5.64. The fourth-order valence-corrected chi connectivity index (χ4v) is 2.51. The third-order valence-electron chi connectivity index (χ3n) is 3.46. The maximum Gasteiger partial charge on any atom is 0.313 e. The zero-order valence-corrected chi connectivity index (χ0v) is 15.1. The normalized spacial score (nSPS) is 10.4. The van der Waals surface area contributed by atoms with Crippen LogP contribution in [-0.4, -0.2) is 17.9 Å². The number of aryl methyl sites for hydroxylation is 2. The monoisotopic (exact) mass is 340 g/mol. The molecule has 132 valence electrons. The highest BCUT2D eigenvalue weighted by Crippen LogP contribution is 2.19. The van der Waals surface area contributed by atoms with Crippen molar-refractivity contribution in [1.29, 1.82) is 0 Å². The first-order valence-corrected chi connectivity index (χ1v) is 8.27. The molecular formula is C20H24N2O3. The number of para-hydroxylation sites is 1. The van der Waals surface area contributed by atoms with Gasteiger partial charge in [-0.1, -0.05) is 24.3 Å². The zero-order valence-electron chi connectivity index (χ0n) is 15.1. The largest absolute Gasteiger partial charge is 0.491 e. The Labute approximate surface area is 148 Å². The molecule has 0 radical (unpaired) electrons. The van der Waals surface area contributed by atoms with Gasteiger partial charge in [-0.05, 0) is 57.0 Å². The Morgan fingerprint density at radius 3 is 2.28 bits per heavy atom. The van der Waals surface area contributed by atoms with Gasteiger partial charge in [0.1, 0.15) is 5.75 Å². The lowest BCUT2D eigenvalue weighted by atomic mass is 10.1. The number of nitrogens with one attached hydrogen (secondary N) is 2. The lowest BCUT2D eigenvalue weighted by Crippen LogP contribution is -2.35. The van der Waals surface area contributed by atoms with Crippen LogP contribution in [0.3, 0.4) is 0 Å². The first-order chi connectivity index (χ1) is 11.8. The fourth-order valence-electron chi connectivity index (χ4n) is 2.51. The molecule has 0 spiro atoms. The minimum atomic E-state index is -0.688. The molecule has 5 heteroatoms. The minimum absolute atomic E-state index is 0.0321. The molecule has 0 aliphatic heterocycles. The molecule has 2 aromatic carbocycles.